The van der Waals surface area contributed by atoms with Gasteiger partial charge in [0.15, 0.2) is 5.82 Å². The van der Waals surface area contributed by atoms with Crippen molar-refractivity contribution in [1.29, 1.82) is 0 Å². The molecule has 1 aliphatic heterocycles. The molecule has 192 valence electrons. The van der Waals surface area contributed by atoms with Crippen LogP contribution in [0, 0.1) is 6.92 Å². The Kier molecular flexibility index (Phi) is 6.47. The van der Waals surface area contributed by atoms with Gasteiger partial charge >= 0.3 is 0 Å². The second-order valence-electron chi connectivity index (χ2n) is 9.90. The molecule has 1 fully saturated rings. The molecule has 0 amide bonds. The monoisotopic (exact) mass is 504 g/mol. The minimum absolute atomic E-state index is 0.698. The van der Waals surface area contributed by atoms with E-state index in [-0.39, 0.29) is 0 Å². The summed E-state index contributed by atoms with van der Waals surface area (Å²) in [5.41, 5.74) is 8.76. The van der Waals surface area contributed by atoms with Crippen molar-refractivity contribution in [3.8, 4) is 17.2 Å². The highest BCUT2D eigenvalue weighted by Gasteiger charge is 2.17. The summed E-state index contributed by atoms with van der Waals surface area (Å²) >= 11 is 0. The van der Waals surface area contributed by atoms with Crippen molar-refractivity contribution in [3.05, 3.63) is 84.8 Å². The van der Waals surface area contributed by atoms with Crippen LogP contribution < -0.4 is 0 Å². The van der Waals surface area contributed by atoms with Crippen molar-refractivity contribution >= 4 is 27.5 Å². The lowest BCUT2D eigenvalue weighted by atomic mass is 10.00. The second kappa shape index (κ2) is 10.2. The summed E-state index contributed by atoms with van der Waals surface area (Å²) < 4.78 is 1.95. The molecule has 8 heteroatoms. The normalized spacial score (nSPS) is 15.5. The Hall–Kier alpha value is -4.30. The molecule has 38 heavy (non-hydrogen) atoms. The van der Waals surface area contributed by atoms with E-state index in [0.29, 0.717) is 5.82 Å². The van der Waals surface area contributed by atoms with Gasteiger partial charge in [-0.3, -0.25) is 15.0 Å². The summed E-state index contributed by atoms with van der Waals surface area (Å²) in [6.45, 7) is 11.4. The number of nitrogens with zero attached hydrogens (tertiary/aromatic N) is 6. The fourth-order valence-corrected chi connectivity index (χ4v) is 5.23. The molecule has 1 saturated heterocycles. The molecule has 4 aromatic heterocycles. The Morgan fingerprint density at radius 3 is 2.76 bits per heavy atom. The zero-order valence-corrected chi connectivity index (χ0v) is 21.9. The molecule has 6 rings (SSSR count). The van der Waals surface area contributed by atoms with Crippen LogP contribution in [0.4, 0.5) is 0 Å². The van der Waals surface area contributed by atoms with E-state index < -0.39 is 0 Å². The molecule has 8 nitrogen and oxygen atoms in total. The molecule has 0 bridgehead atoms. The molecule has 0 spiro atoms. The van der Waals surface area contributed by atoms with Crippen molar-refractivity contribution in [2.75, 3.05) is 19.6 Å². The SMILES string of the molecule is C=C/C(=C\C(=C/C)c1ccc2[nH]nc(-c3nc4c(-n5cnc(C)c5)cncc4[nH]3)c2c1)CN1CCCCC1. The third kappa shape index (κ3) is 4.59. The summed E-state index contributed by atoms with van der Waals surface area (Å²) in [6, 6.07) is 6.41. The number of aromatic nitrogens is 7. The molecular formula is C30H32N8. The van der Waals surface area contributed by atoms with Gasteiger partial charge in [0.25, 0.3) is 0 Å². The minimum Gasteiger partial charge on any atom is -0.335 e. The molecule has 1 aromatic carbocycles. The summed E-state index contributed by atoms with van der Waals surface area (Å²) in [5.74, 6) is 0.698. The average Bonchev–Trinajstić information content (AvgIpc) is 3.68. The predicted molar refractivity (Wildman–Crippen MR) is 153 cm³/mol. The number of hydrogen-bond donors (Lipinski definition) is 2. The van der Waals surface area contributed by atoms with Gasteiger partial charge in [0.2, 0.25) is 0 Å². The van der Waals surface area contributed by atoms with Gasteiger partial charge in [0, 0.05) is 18.1 Å². The maximum Gasteiger partial charge on any atom is 0.159 e. The number of likely N-dealkylation sites (tertiary alicyclic amines) is 1. The number of nitrogens with one attached hydrogen (secondary N) is 2. The fraction of sp³-hybridized carbons (Fsp3) is 0.267. The molecule has 0 aliphatic carbocycles. The Morgan fingerprint density at radius 2 is 2.00 bits per heavy atom. The maximum absolute atomic E-state index is 4.94. The van der Waals surface area contributed by atoms with Crippen LogP contribution >= 0.6 is 0 Å². The number of fused-ring (bicyclic) bond motifs is 2. The van der Waals surface area contributed by atoms with Crippen LogP contribution in [0.1, 0.15) is 37.4 Å². The quantitative estimate of drug-likeness (QED) is 0.265. The van der Waals surface area contributed by atoms with Gasteiger partial charge in [-0.15, -0.1) is 0 Å². The van der Waals surface area contributed by atoms with Crippen LogP contribution in [-0.4, -0.2) is 59.2 Å². The molecule has 2 N–H and O–H groups in total. The number of hydrogen-bond acceptors (Lipinski definition) is 5. The van der Waals surface area contributed by atoms with Crippen LogP contribution in [0.5, 0.6) is 0 Å². The number of rotatable bonds is 7. The lowest BCUT2D eigenvalue weighted by molar-refractivity contribution is 0.248. The summed E-state index contributed by atoms with van der Waals surface area (Å²) in [7, 11) is 0. The summed E-state index contributed by atoms with van der Waals surface area (Å²) in [4.78, 5) is 19.6. The van der Waals surface area contributed by atoms with E-state index in [4.69, 9.17) is 4.98 Å². The first-order chi connectivity index (χ1) is 18.6. The largest absolute Gasteiger partial charge is 0.335 e. The van der Waals surface area contributed by atoms with Crippen LogP contribution in [-0.2, 0) is 0 Å². The van der Waals surface area contributed by atoms with Gasteiger partial charge in [0.1, 0.15) is 11.2 Å². The Morgan fingerprint density at radius 1 is 1.13 bits per heavy atom. The highest BCUT2D eigenvalue weighted by molar-refractivity contribution is 5.96. The smallest absolute Gasteiger partial charge is 0.159 e. The topological polar surface area (TPSA) is 91.3 Å². The molecule has 0 radical (unpaired) electrons. The van der Waals surface area contributed by atoms with E-state index >= 15 is 0 Å². The molecule has 1 aliphatic rings. The van der Waals surface area contributed by atoms with E-state index in [1.165, 1.54) is 24.8 Å². The van der Waals surface area contributed by atoms with E-state index in [2.05, 4.69) is 73.9 Å². The van der Waals surface area contributed by atoms with Crippen molar-refractivity contribution < 1.29 is 0 Å². The number of aromatic amines is 2. The molecule has 5 heterocycles. The number of benzene rings is 1. The zero-order chi connectivity index (χ0) is 26.1. The third-order valence-corrected chi connectivity index (χ3v) is 7.25. The van der Waals surface area contributed by atoms with Crippen LogP contribution in [0.15, 0.2) is 73.5 Å². The maximum atomic E-state index is 4.94. The molecular weight excluding hydrogens is 472 g/mol. The molecule has 0 unspecified atom stereocenters. The molecule has 0 saturated carbocycles. The molecule has 5 aromatic rings. The standard InChI is InChI=1S/C30H32N8/c1-4-21(18-37-11-7-6-8-12-37)13-22(5-2)23-9-10-25-24(14-23)28(36-35-25)30-33-26-15-31-16-27(29(26)34-30)38-17-20(3)32-19-38/h4-5,9-10,13-17,19H,1,6-8,11-12,18H2,2-3H3,(H,33,34)(H,35,36)/b21-13+,22-5+. The van der Waals surface area contributed by atoms with E-state index in [1.807, 2.05) is 23.8 Å². The van der Waals surface area contributed by atoms with Gasteiger partial charge in [-0.1, -0.05) is 37.3 Å². The number of aryl methyl sites for hydroxylation is 1. The Balaban J connectivity index is 1.36. The minimum atomic E-state index is 0.698. The van der Waals surface area contributed by atoms with E-state index in [9.17, 15) is 0 Å². The highest BCUT2D eigenvalue weighted by atomic mass is 15.1. The average molecular weight is 505 g/mol. The predicted octanol–water partition coefficient (Wildman–Crippen LogP) is 6.00. The molecule has 0 atom stereocenters. The number of allylic oxidation sites excluding steroid dienone is 3. The number of imidazole rings is 2. The lowest BCUT2D eigenvalue weighted by Crippen LogP contribution is -2.31. The van der Waals surface area contributed by atoms with Gasteiger partial charge < -0.3 is 9.55 Å². The highest BCUT2D eigenvalue weighted by Crippen LogP contribution is 2.31. The summed E-state index contributed by atoms with van der Waals surface area (Å²) in [5, 5.41) is 8.82. The first-order valence-corrected chi connectivity index (χ1v) is 13.2. The Bertz CT molecular complexity index is 1670. The number of H-pyrrole nitrogens is 2. The van der Waals surface area contributed by atoms with E-state index in [0.717, 1.165) is 69.8 Å². The number of piperidine rings is 1. The second-order valence-corrected chi connectivity index (χ2v) is 9.90. The van der Waals surface area contributed by atoms with Crippen LogP contribution in [0.2, 0.25) is 0 Å². The Labute approximate surface area is 221 Å². The van der Waals surface area contributed by atoms with Gasteiger partial charge in [-0.25, -0.2) is 9.97 Å². The third-order valence-electron chi connectivity index (χ3n) is 7.25. The van der Waals surface area contributed by atoms with Crippen molar-refractivity contribution in [3.63, 3.8) is 0 Å². The van der Waals surface area contributed by atoms with E-state index in [1.54, 1.807) is 18.7 Å². The van der Waals surface area contributed by atoms with Gasteiger partial charge in [0.05, 0.1) is 41.1 Å². The fourth-order valence-electron chi connectivity index (χ4n) is 5.23. The van der Waals surface area contributed by atoms with Crippen LogP contribution in [0.25, 0.3) is 44.7 Å². The van der Waals surface area contributed by atoms with Crippen molar-refractivity contribution in [2.24, 2.45) is 0 Å². The van der Waals surface area contributed by atoms with Crippen molar-refractivity contribution in [2.45, 2.75) is 33.1 Å². The van der Waals surface area contributed by atoms with Crippen molar-refractivity contribution in [1.82, 2.24) is 39.6 Å². The van der Waals surface area contributed by atoms with Gasteiger partial charge in [-0.05, 0) is 68.6 Å². The number of pyridine rings is 1. The lowest BCUT2D eigenvalue weighted by Gasteiger charge is -2.26. The first-order valence-electron chi connectivity index (χ1n) is 13.2. The van der Waals surface area contributed by atoms with Crippen LogP contribution in [0.3, 0.4) is 0 Å². The zero-order valence-electron chi connectivity index (χ0n) is 21.9. The summed E-state index contributed by atoms with van der Waals surface area (Å²) in [6.07, 6.45) is 17.7. The first kappa shape index (κ1) is 24.1. The van der Waals surface area contributed by atoms with Gasteiger partial charge in [-0.2, -0.15) is 5.10 Å².